The Morgan fingerprint density at radius 3 is 2.95 bits per heavy atom. The lowest BCUT2D eigenvalue weighted by Gasteiger charge is -2.26. The Kier molecular flexibility index (Phi) is 3.25. The van der Waals surface area contributed by atoms with Crippen molar-refractivity contribution in [2.75, 3.05) is 24.5 Å². The highest BCUT2D eigenvalue weighted by Crippen LogP contribution is 2.36. The second kappa shape index (κ2) is 4.96. The molecule has 2 aliphatic rings. The molecular formula is C13H17N5O3. The number of pyridine rings is 1. The molecule has 0 radical (unpaired) electrons. The summed E-state index contributed by atoms with van der Waals surface area (Å²) in [7, 11) is 0. The van der Waals surface area contributed by atoms with Gasteiger partial charge in [-0.05, 0) is 18.8 Å². The molecule has 2 aliphatic heterocycles. The molecule has 2 fully saturated rings. The first-order valence-corrected chi connectivity index (χ1v) is 6.90. The van der Waals surface area contributed by atoms with Crippen LogP contribution in [-0.2, 0) is 0 Å². The zero-order chi connectivity index (χ0) is 15.1. The van der Waals surface area contributed by atoms with Gasteiger partial charge in [-0.15, -0.1) is 0 Å². The van der Waals surface area contributed by atoms with E-state index in [4.69, 9.17) is 5.73 Å². The van der Waals surface area contributed by atoms with Crippen LogP contribution in [0, 0.1) is 22.0 Å². The number of aromatic nitrogens is 1. The number of amides is 1. The number of carbonyl (C=O) groups excluding carboxylic acids is 1. The summed E-state index contributed by atoms with van der Waals surface area (Å²) in [5.74, 6) is 0.777. The molecule has 2 saturated heterocycles. The van der Waals surface area contributed by atoms with Gasteiger partial charge in [0.05, 0.1) is 10.5 Å². The van der Waals surface area contributed by atoms with Gasteiger partial charge in [-0.1, -0.05) is 0 Å². The van der Waals surface area contributed by atoms with Crippen LogP contribution in [0.3, 0.4) is 0 Å². The molecule has 3 heterocycles. The predicted molar refractivity (Wildman–Crippen MR) is 76.1 cm³/mol. The molecule has 0 aliphatic carbocycles. The number of nitro groups is 1. The fourth-order valence-corrected chi connectivity index (χ4v) is 3.40. The van der Waals surface area contributed by atoms with Crippen LogP contribution in [0.15, 0.2) is 12.3 Å². The summed E-state index contributed by atoms with van der Waals surface area (Å²) in [4.78, 5) is 28.1. The second-order valence-corrected chi connectivity index (χ2v) is 5.66. The van der Waals surface area contributed by atoms with E-state index in [1.165, 1.54) is 12.3 Å². The number of nitrogens with one attached hydrogen (secondary N) is 1. The first-order valence-electron chi connectivity index (χ1n) is 6.90. The van der Waals surface area contributed by atoms with Gasteiger partial charge in [-0.2, -0.15) is 0 Å². The molecule has 1 amide bonds. The molecule has 8 heteroatoms. The molecule has 1 aromatic rings. The average molecular weight is 291 g/mol. The molecule has 3 unspecified atom stereocenters. The van der Waals surface area contributed by atoms with Gasteiger partial charge in [-0.25, -0.2) is 4.98 Å². The van der Waals surface area contributed by atoms with Crippen molar-refractivity contribution in [1.82, 2.24) is 10.3 Å². The highest BCUT2D eigenvalue weighted by Gasteiger charge is 2.43. The third-order valence-electron chi connectivity index (χ3n) is 4.54. The summed E-state index contributed by atoms with van der Waals surface area (Å²) in [6.07, 6.45) is 1.18. The zero-order valence-corrected chi connectivity index (χ0v) is 11.7. The van der Waals surface area contributed by atoms with E-state index in [1.807, 2.05) is 4.90 Å². The number of primary amides is 1. The lowest BCUT2D eigenvalue weighted by atomic mass is 9.95. The van der Waals surface area contributed by atoms with Crippen LogP contribution >= 0.6 is 0 Å². The maximum absolute atomic E-state index is 11.6. The van der Waals surface area contributed by atoms with E-state index in [0.29, 0.717) is 17.7 Å². The Labute approximate surface area is 121 Å². The highest BCUT2D eigenvalue weighted by atomic mass is 16.6. The minimum Gasteiger partial charge on any atom is -0.365 e. The van der Waals surface area contributed by atoms with Crippen molar-refractivity contribution >= 4 is 17.4 Å². The number of anilines is 1. The fraction of sp³-hybridized carbons (Fsp3) is 0.538. The van der Waals surface area contributed by atoms with Gasteiger partial charge in [0, 0.05) is 31.7 Å². The summed E-state index contributed by atoms with van der Waals surface area (Å²) >= 11 is 0. The van der Waals surface area contributed by atoms with Crippen molar-refractivity contribution in [2.24, 2.45) is 17.6 Å². The summed E-state index contributed by atoms with van der Waals surface area (Å²) in [6, 6.07) is 1.43. The summed E-state index contributed by atoms with van der Waals surface area (Å²) in [6.45, 7) is 4.76. The van der Waals surface area contributed by atoms with Crippen LogP contribution in [-0.4, -0.2) is 41.5 Å². The summed E-state index contributed by atoms with van der Waals surface area (Å²) in [5.41, 5.74) is 5.27. The topological polar surface area (TPSA) is 114 Å². The van der Waals surface area contributed by atoms with E-state index in [2.05, 4.69) is 17.2 Å². The maximum Gasteiger partial charge on any atom is 0.288 e. The molecule has 0 bridgehead atoms. The van der Waals surface area contributed by atoms with Gasteiger partial charge in [0.2, 0.25) is 0 Å². The van der Waals surface area contributed by atoms with E-state index in [0.717, 1.165) is 19.6 Å². The molecule has 21 heavy (non-hydrogen) atoms. The Hall–Kier alpha value is -2.22. The van der Waals surface area contributed by atoms with Crippen molar-refractivity contribution in [3.63, 3.8) is 0 Å². The highest BCUT2D eigenvalue weighted by molar-refractivity contribution is 5.98. The molecule has 3 N–H and O–H groups in total. The molecule has 3 atom stereocenters. The standard InChI is InChI=1S/C13H17N5O3/c1-7-11-5-15-3-8(11)6-17(7)13-10(12(14)19)2-9(4-16-13)18(20)21/h2,4,7-8,11,15H,3,5-6H2,1H3,(H2,14,19). The first kappa shape index (κ1) is 13.7. The first-order chi connectivity index (χ1) is 9.99. The van der Waals surface area contributed by atoms with Crippen molar-refractivity contribution in [1.29, 1.82) is 0 Å². The number of hydrogen-bond acceptors (Lipinski definition) is 6. The van der Waals surface area contributed by atoms with Crippen LogP contribution in [0.5, 0.6) is 0 Å². The lowest BCUT2D eigenvalue weighted by Crippen LogP contribution is -2.35. The van der Waals surface area contributed by atoms with Crippen molar-refractivity contribution in [3.05, 3.63) is 27.9 Å². The monoisotopic (exact) mass is 291 g/mol. The van der Waals surface area contributed by atoms with Crippen LogP contribution in [0.25, 0.3) is 0 Å². The second-order valence-electron chi connectivity index (χ2n) is 5.66. The van der Waals surface area contributed by atoms with E-state index in [-0.39, 0.29) is 17.3 Å². The van der Waals surface area contributed by atoms with Crippen molar-refractivity contribution in [3.8, 4) is 0 Å². The van der Waals surface area contributed by atoms with Crippen LogP contribution < -0.4 is 16.0 Å². The summed E-state index contributed by atoms with van der Waals surface area (Å²) < 4.78 is 0. The molecule has 112 valence electrons. The van der Waals surface area contributed by atoms with Gasteiger partial charge < -0.3 is 16.0 Å². The summed E-state index contributed by atoms with van der Waals surface area (Å²) in [5, 5.41) is 14.2. The average Bonchev–Trinajstić information content (AvgIpc) is 3.01. The van der Waals surface area contributed by atoms with E-state index < -0.39 is 10.8 Å². The zero-order valence-electron chi connectivity index (χ0n) is 11.7. The number of rotatable bonds is 3. The van der Waals surface area contributed by atoms with Crippen LogP contribution in [0.4, 0.5) is 11.5 Å². The molecule has 8 nitrogen and oxygen atoms in total. The van der Waals surface area contributed by atoms with Crippen molar-refractivity contribution in [2.45, 2.75) is 13.0 Å². The smallest absolute Gasteiger partial charge is 0.288 e. The molecule has 0 aromatic carbocycles. The Morgan fingerprint density at radius 1 is 1.57 bits per heavy atom. The Morgan fingerprint density at radius 2 is 2.33 bits per heavy atom. The van der Waals surface area contributed by atoms with E-state index in [1.54, 1.807) is 0 Å². The van der Waals surface area contributed by atoms with Gasteiger partial charge >= 0.3 is 0 Å². The van der Waals surface area contributed by atoms with Gasteiger partial charge in [0.1, 0.15) is 12.0 Å². The number of hydrogen-bond donors (Lipinski definition) is 2. The number of fused-ring (bicyclic) bond motifs is 1. The Bertz CT molecular complexity index is 605. The molecule has 0 spiro atoms. The SMILES string of the molecule is CC1C2CNCC2CN1c1ncc([N+](=O)[O-])cc1C(N)=O. The largest absolute Gasteiger partial charge is 0.365 e. The van der Waals surface area contributed by atoms with E-state index >= 15 is 0 Å². The van der Waals surface area contributed by atoms with Gasteiger partial charge in [0.15, 0.2) is 0 Å². The third kappa shape index (κ3) is 2.21. The number of nitrogens with two attached hydrogens (primary N) is 1. The van der Waals surface area contributed by atoms with Gasteiger partial charge in [0.25, 0.3) is 11.6 Å². The number of nitrogens with zero attached hydrogens (tertiary/aromatic N) is 3. The normalized spacial score (nSPS) is 27.7. The third-order valence-corrected chi connectivity index (χ3v) is 4.54. The van der Waals surface area contributed by atoms with Gasteiger partial charge in [-0.3, -0.25) is 14.9 Å². The predicted octanol–water partition coefficient (Wildman–Crippen LogP) is 0.133. The molecule has 3 rings (SSSR count). The lowest BCUT2D eigenvalue weighted by molar-refractivity contribution is -0.385. The molecular weight excluding hydrogens is 274 g/mol. The number of carbonyl (C=O) groups is 1. The fourth-order valence-electron chi connectivity index (χ4n) is 3.40. The van der Waals surface area contributed by atoms with Crippen molar-refractivity contribution < 1.29 is 9.72 Å². The molecule has 0 saturated carbocycles. The minimum atomic E-state index is -0.691. The Balaban J connectivity index is 1.98. The van der Waals surface area contributed by atoms with Crippen LogP contribution in [0.2, 0.25) is 0 Å². The maximum atomic E-state index is 11.6. The van der Waals surface area contributed by atoms with E-state index in [9.17, 15) is 14.9 Å². The minimum absolute atomic E-state index is 0.115. The molecule has 1 aromatic heterocycles. The quantitative estimate of drug-likeness (QED) is 0.604. The van der Waals surface area contributed by atoms with Crippen LogP contribution in [0.1, 0.15) is 17.3 Å².